The average Bonchev–Trinajstić information content (AvgIpc) is 3.28. The molecule has 2 aromatic heterocycles. The maximum Gasteiger partial charge on any atom is 0.200 e. The molecule has 0 aliphatic rings. The average molecular weight is 470 g/mol. The monoisotopic (exact) mass is 469 g/mol. The summed E-state index contributed by atoms with van der Waals surface area (Å²) in [4.78, 5) is 15.6. The smallest absolute Gasteiger partial charge is 0.200 e. The zero-order valence-corrected chi connectivity index (χ0v) is 19.5. The van der Waals surface area contributed by atoms with Gasteiger partial charge >= 0.3 is 0 Å². The number of rotatable bonds is 3. The lowest BCUT2D eigenvalue weighted by Gasteiger charge is -2.25. The van der Waals surface area contributed by atoms with Gasteiger partial charge in [0.25, 0.3) is 0 Å². The minimum Gasteiger partial charge on any atom is -0.456 e. The molecule has 0 radical (unpaired) electrons. The van der Waals surface area contributed by atoms with Gasteiger partial charge in [0.1, 0.15) is 11.2 Å². The summed E-state index contributed by atoms with van der Waals surface area (Å²) in [5.41, 5.74) is 4.54. The van der Waals surface area contributed by atoms with Gasteiger partial charge in [-0.05, 0) is 54.6 Å². The Hall–Kier alpha value is -4.41. The van der Waals surface area contributed by atoms with Crippen LogP contribution < -0.4 is 10.3 Å². The van der Waals surface area contributed by atoms with E-state index in [1.54, 1.807) is 11.3 Å². The first kappa shape index (κ1) is 20.0. The molecule has 35 heavy (non-hydrogen) atoms. The third-order valence-corrected chi connectivity index (χ3v) is 7.63. The van der Waals surface area contributed by atoms with Gasteiger partial charge in [0.15, 0.2) is 0 Å². The van der Waals surface area contributed by atoms with Crippen LogP contribution in [0.25, 0.3) is 42.1 Å². The first-order valence-electron chi connectivity index (χ1n) is 11.5. The van der Waals surface area contributed by atoms with E-state index in [9.17, 15) is 4.79 Å². The summed E-state index contributed by atoms with van der Waals surface area (Å²) in [5, 5.41) is 3.43. The maximum atomic E-state index is 13.3. The normalized spacial score (nSPS) is 11.5. The molecule has 7 aromatic rings. The number of nitrogens with zero attached hydrogens (tertiary/aromatic N) is 1. The van der Waals surface area contributed by atoms with Crippen molar-refractivity contribution >= 4 is 70.5 Å². The van der Waals surface area contributed by atoms with Crippen molar-refractivity contribution in [2.24, 2.45) is 0 Å². The molecule has 0 aliphatic heterocycles. The van der Waals surface area contributed by atoms with Crippen LogP contribution in [0.2, 0.25) is 0 Å². The molecule has 5 aromatic carbocycles. The van der Waals surface area contributed by atoms with E-state index in [0.29, 0.717) is 21.9 Å². The van der Waals surface area contributed by atoms with E-state index < -0.39 is 0 Å². The number of para-hydroxylation sites is 3. The Morgan fingerprint density at radius 2 is 1.23 bits per heavy atom. The van der Waals surface area contributed by atoms with Crippen LogP contribution >= 0.6 is 11.3 Å². The van der Waals surface area contributed by atoms with Gasteiger partial charge in [-0.3, -0.25) is 4.79 Å². The van der Waals surface area contributed by atoms with E-state index in [0.717, 1.165) is 32.5 Å². The number of fused-ring (bicyclic) bond motifs is 5. The van der Waals surface area contributed by atoms with Gasteiger partial charge in [-0.2, -0.15) is 0 Å². The summed E-state index contributed by atoms with van der Waals surface area (Å²) in [5.74, 6) is 0. The fraction of sp³-hybridized carbons (Fsp3) is 0. The highest BCUT2D eigenvalue weighted by atomic mass is 32.1. The molecule has 0 spiro atoms. The molecule has 0 amide bonds. The fourth-order valence-electron chi connectivity index (χ4n) is 4.84. The summed E-state index contributed by atoms with van der Waals surface area (Å²) in [6.07, 6.45) is 0. The minimum atomic E-state index is 0.00875. The van der Waals surface area contributed by atoms with Crippen molar-refractivity contribution in [3.8, 4) is 0 Å². The van der Waals surface area contributed by atoms with Crippen molar-refractivity contribution in [1.29, 1.82) is 0 Å². The molecule has 2 heterocycles. The molecule has 4 heteroatoms. The van der Waals surface area contributed by atoms with Gasteiger partial charge in [-0.25, -0.2) is 0 Å². The molecular formula is C31H19NO2S. The van der Waals surface area contributed by atoms with Crippen molar-refractivity contribution in [3.05, 3.63) is 125 Å². The Morgan fingerprint density at radius 3 is 1.97 bits per heavy atom. The molecule has 0 bridgehead atoms. The van der Waals surface area contributed by atoms with Crippen LogP contribution in [0, 0.1) is 0 Å². The summed E-state index contributed by atoms with van der Waals surface area (Å²) in [6.45, 7) is 0. The number of thiophene rings is 1. The largest absolute Gasteiger partial charge is 0.456 e. The predicted molar refractivity (Wildman–Crippen MR) is 148 cm³/mol. The summed E-state index contributed by atoms with van der Waals surface area (Å²) in [6, 6.07) is 38.7. The molecule has 0 atom stereocenters. The van der Waals surface area contributed by atoms with Gasteiger partial charge in [-0.1, -0.05) is 60.7 Å². The third-order valence-electron chi connectivity index (χ3n) is 6.44. The first-order chi connectivity index (χ1) is 17.3. The van der Waals surface area contributed by atoms with E-state index in [1.807, 2.05) is 48.5 Å². The maximum absolute atomic E-state index is 13.3. The molecule has 0 fully saturated rings. The van der Waals surface area contributed by atoms with Crippen molar-refractivity contribution in [3.63, 3.8) is 0 Å². The van der Waals surface area contributed by atoms with Crippen molar-refractivity contribution in [2.75, 3.05) is 4.90 Å². The van der Waals surface area contributed by atoms with E-state index in [2.05, 4.69) is 71.6 Å². The number of hydrogen-bond donors (Lipinski definition) is 0. The molecule has 166 valence electrons. The second-order valence-electron chi connectivity index (χ2n) is 8.53. The highest BCUT2D eigenvalue weighted by Crippen LogP contribution is 2.45. The minimum absolute atomic E-state index is 0.00875. The molecule has 0 unspecified atom stereocenters. The molecule has 7 rings (SSSR count). The van der Waals surface area contributed by atoms with Crippen LogP contribution in [0.15, 0.2) is 124 Å². The molecule has 0 N–H and O–H groups in total. The van der Waals surface area contributed by atoms with Crippen LogP contribution in [-0.2, 0) is 0 Å². The van der Waals surface area contributed by atoms with Crippen LogP contribution in [-0.4, -0.2) is 0 Å². The Morgan fingerprint density at radius 1 is 0.571 bits per heavy atom. The lowest BCUT2D eigenvalue weighted by molar-refractivity contribution is 0.660. The fourth-order valence-corrected chi connectivity index (χ4v) is 6.05. The first-order valence-corrected chi connectivity index (χ1v) is 12.3. The zero-order valence-electron chi connectivity index (χ0n) is 18.6. The van der Waals surface area contributed by atoms with Crippen LogP contribution in [0.1, 0.15) is 0 Å². The molecule has 0 saturated carbocycles. The third kappa shape index (κ3) is 3.15. The van der Waals surface area contributed by atoms with E-state index in [-0.39, 0.29) is 5.43 Å². The number of benzene rings is 5. The molecule has 3 nitrogen and oxygen atoms in total. The molecule has 0 aliphatic carbocycles. The second kappa shape index (κ2) is 7.83. The Balaban J connectivity index is 1.54. The lowest BCUT2D eigenvalue weighted by atomic mass is 10.1. The van der Waals surface area contributed by atoms with Crippen molar-refractivity contribution in [2.45, 2.75) is 0 Å². The van der Waals surface area contributed by atoms with E-state index in [1.165, 1.54) is 4.70 Å². The van der Waals surface area contributed by atoms with Crippen molar-refractivity contribution in [1.82, 2.24) is 0 Å². The quantitative estimate of drug-likeness (QED) is 0.243. The summed E-state index contributed by atoms with van der Waals surface area (Å²) in [7, 11) is 0. The topological polar surface area (TPSA) is 33.5 Å². The summed E-state index contributed by atoms with van der Waals surface area (Å²) < 4.78 is 8.41. The molecule has 0 saturated heterocycles. The van der Waals surface area contributed by atoms with Gasteiger partial charge < -0.3 is 9.32 Å². The predicted octanol–water partition coefficient (Wildman–Crippen LogP) is 8.78. The Bertz CT molecular complexity index is 1880. The number of anilines is 3. The van der Waals surface area contributed by atoms with Gasteiger partial charge in [-0.15, -0.1) is 11.3 Å². The van der Waals surface area contributed by atoms with Gasteiger partial charge in [0.05, 0.1) is 21.2 Å². The van der Waals surface area contributed by atoms with Crippen LogP contribution in [0.5, 0.6) is 0 Å². The van der Waals surface area contributed by atoms with E-state index >= 15 is 0 Å². The number of hydrogen-bond acceptors (Lipinski definition) is 4. The van der Waals surface area contributed by atoms with Gasteiger partial charge in [0, 0.05) is 26.8 Å². The lowest BCUT2D eigenvalue weighted by Crippen LogP contribution is -2.09. The standard InChI is InChI=1S/C31H19NO2S/c33-30-23-14-7-8-17-27(23)34-28-19-29-24(18-25(28)30)22-15-9-16-26(31(22)35-29)32(20-10-3-1-4-11-20)21-12-5-2-6-13-21/h1-19H. The second-order valence-corrected chi connectivity index (χ2v) is 9.59. The van der Waals surface area contributed by atoms with Crippen molar-refractivity contribution < 1.29 is 4.42 Å². The van der Waals surface area contributed by atoms with Crippen LogP contribution in [0.4, 0.5) is 17.1 Å². The SMILES string of the molecule is O=c1c2ccccc2oc2cc3sc4c(N(c5ccccc5)c5ccccc5)cccc4c3cc12. The Kier molecular flexibility index (Phi) is 4.47. The van der Waals surface area contributed by atoms with E-state index in [4.69, 9.17) is 4.42 Å². The van der Waals surface area contributed by atoms with Gasteiger partial charge in [0.2, 0.25) is 5.43 Å². The molecular weight excluding hydrogens is 450 g/mol. The zero-order chi connectivity index (χ0) is 23.4. The summed E-state index contributed by atoms with van der Waals surface area (Å²) >= 11 is 1.73. The Labute approximate surface area is 205 Å². The highest BCUT2D eigenvalue weighted by molar-refractivity contribution is 7.26. The van der Waals surface area contributed by atoms with Crippen LogP contribution in [0.3, 0.4) is 0 Å². The highest BCUT2D eigenvalue weighted by Gasteiger charge is 2.18.